The lowest BCUT2D eigenvalue weighted by Crippen LogP contribution is -2.22. The van der Waals surface area contributed by atoms with Crippen LogP contribution in [-0.4, -0.2) is 11.3 Å². The summed E-state index contributed by atoms with van der Waals surface area (Å²) in [5, 5.41) is 0. The molecule has 0 radical (unpaired) electrons. The van der Waals surface area contributed by atoms with Crippen LogP contribution >= 0.6 is 0 Å². The van der Waals surface area contributed by atoms with Crippen molar-refractivity contribution in [1.29, 1.82) is 0 Å². The van der Waals surface area contributed by atoms with Crippen LogP contribution in [0, 0.1) is 0 Å². The average Bonchev–Trinajstić information content (AvgIpc) is 2.13. The predicted molar refractivity (Wildman–Crippen MR) is 48.2 cm³/mol. The van der Waals surface area contributed by atoms with Gasteiger partial charge in [0.25, 0.3) is 0 Å². The molecular formula is C8H7F6N3O. The summed E-state index contributed by atoms with van der Waals surface area (Å²) < 4.78 is 76.5. The van der Waals surface area contributed by atoms with Crippen molar-refractivity contribution in [2.75, 3.05) is 5.73 Å². The molecule has 0 aromatic carbocycles. The van der Waals surface area contributed by atoms with E-state index in [9.17, 15) is 26.3 Å². The number of halogens is 6. The highest BCUT2D eigenvalue weighted by atomic mass is 19.4. The van der Waals surface area contributed by atoms with E-state index in [2.05, 4.69) is 9.72 Å². The van der Waals surface area contributed by atoms with E-state index in [4.69, 9.17) is 11.5 Å². The standard InChI is InChI=1S/C8H7F6N3O/c9-7(10,11)4-1-3(2-15)5(16)17-6(4)18-8(12,13)14/h1H,2,15H2,(H2,16,17). The molecule has 18 heavy (non-hydrogen) atoms. The molecule has 4 N–H and O–H groups in total. The van der Waals surface area contributed by atoms with Crippen molar-refractivity contribution in [2.45, 2.75) is 19.1 Å². The van der Waals surface area contributed by atoms with Gasteiger partial charge in [-0.05, 0) is 6.07 Å². The molecule has 102 valence electrons. The van der Waals surface area contributed by atoms with Crippen LogP contribution in [0.5, 0.6) is 5.88 Å². The molecule has 0 spiro atoms. The highest BCUT2D eigenvalue weighted by Gasteiger charge is 2.41. The van der Waals surface area contributed by atoms with Crippen LogP contribution < -0.4 is 16.2 Å². The lowest BCUT2D eigenvalue weighted by atomic mass is 10.1. The van der Waals surface area contributed by atoms with Crippen molar-refractivity contribution >= 4 is 5.82 Å². The SMILES string of the molecule is NCc1cc(C(F)(F)F)c(OC(F)(F)F)nc1N. The average molecular weight is 275 g/mol. The normalized spacial score (nSPS) is 12.6. The summed E-state index contributed by atoms with van der Waals surface area (Å²) in [6.45, 7) is -0.395. The van der Waals surface area contributed by atoms with Crippen molar-refractivity contribution in [1.82, 2.24) is 4.98 Å². The fourth-order valence-electron chi connectivity index (χ4n) is 1.11. The number of hydrogen-bond donors (Lipinski definition) is 2. The molecule has 4 nitrogen and oxygen atoms in total. The maximum atomic E-state index is 12.5. The Morgan fingerprint density at radius 2 is 1.72 bits per heavy atom. The summed E-state index contributed by atoms with van der Waals surface area (Å²) >= 11 is 0. The molecule has 0 aliphatic rings. The van der Waals surface area contributed by atoms with Gasteiger partial charge in [0.2, 0.25) is 5.88 Å². The fourth-order valence-corrected chi connectivity index (χ4v) is 1.11. The molecule has 0 saturated heterocycles. The Hall–Kier alpha value is -1.71. The first-order chi connectivity index (χ1) is 8.04. The second-order valence-electron chi connectivity index (χ2n) is 3.14. The minimum Gasteiger partial charge on any atom is -0.387 e. The summed E-state index contributed by atoms with van der Waals surface area (Å²) in [4.78, 5) is 2.93. The number of aromatic nitrogens is 1. The monoisotopic (exact) mass is 275 g/mol. The van der Waals surface area contributed by atoms with Crippen LogP contribution in [0.25, 0.3) is 0 Å². The van der Waals surface area contributed by atoms with E-state index in [1.54, 1.807) is 0 Å². The maximum absolute atomic E-state index is 12.5. The first kappa shape index (κ1) is 14.4. The van der Waals surface area contributed by atoms with Crippen molar-refractivity contribution in [3.8, 4) is 5.88 Å². The molecular weight excluding hydrogens is 268 g/mol. The molecule has 10 heteroatoms. The van der Waals surface area contributed by atoms with E-state index in [1.165, 1.54) is 0 Å². The summed E-state index contributed by atoms with van der Waals surface area (Å²) in [5.41, 5.74) is 8.34. The van der Waals surface area contributed by atoms with E-state index in [1.807, 2.05) is 0 Å². The molecule has 0 aliphatic heterocycles. The molecule has 1 rings (SSSR count). The quantitative estimate of drug-likeness (QED) is 0.810. The van der Waals surface area contributed by atoms with E-state index < -0.39 is 36.3 Å². The second-order valence-corrected chi connectivity index (χ2v) is 3.14. The van der Waals surface area contributed by atoms with Crippen LogP contribution in [-0.2, 0) is 12.7 Å². The Balaban J connectivity index is 3.35. The molecule has 1 heterocycles. The summed E-state index contributed by atoms with van der Waals surface area (Å²) in [6.07, 6.45) is -10.4. The van der Waals surface area contributed by atoms with Gasteiger partial charge in [0.05, 0.1) is 0 Å². The topological polar surface area (TPSA) is 74.2 Å². The van der Waals surface area contributed by atoms with Crippen molar-refractivity contribution in [3.63, 3.8) is 0 Å². The largest absolute Gasteiger partial charge is 0.574 e. The number of hydrogen-bond acceptors (Lipinski definition) is 4. The van der Waals surface area contributed by atoms with Gasteiger partial charge in [-0.2, -0.15) is 18.2 Å². The molecule has 0 atom stereocenters. The Morgan fingerprint density at radius 3 is 2.11 bits per heavy atom. The molecule has 1 aromatic heterocycles. The molecule has 0 saturated carbocycles. The van der Waals surface area contributed by atoms with E-state index >= 15 is 0 Å². The Kier molecular flexibility index (Phi) is 3.60. The number of pyridine rings is 1. The van der Waals surface area contributed by atoms with Crippen LogP contribution in [0.2, 0.25) is 0 Å². The third kappa shape index (κ3) is 3.39. The zero-order valence-corrected chi connectivity index (χ0v) is 8.56. The van der Waals surface area contributed by atoms with Crippen LogP contribution in [0.1, 0.15) is 11.1 Å². The first-order valence-electron chi connectivity index (χ1n) is 4.37. The van der Waals surface area contributed by atoms with Crippen molar-refractivity contribution < 1.29 is 31.1 Å². The van der Waals surface area contributed by atoms with Crippen LogP contribution in [0.4, 0.5) is 32.2 Å². The highest BCUT2D eigenvalue weighted by Crippen LogP contribution is 2.38. The molecule has 0 unspecified atom stereocenters. The van der Waals surface area contributed by atoms with Gasteiger partial charge in [0.1, 0.15) is 11.4 Å². The minimum atomic E-state index is -5.30. The van der Waals surface area contributed by atoms with Gasteiger partial charge < -0.3 is 16.2 Å². The number of rotatable bonds is 2. The van der Waals surface area contributed by atoms with E-state index in [0.29, 0.717) is 6.07 Å². The first-order valence-corrected chi connectivity index (χ1v) is 4.37. The van der Waals surface area contributed by atoms with Gasteiger partial charge in [-0.3, -0.25) is 0 Å². The lowest BCUT2D eigenvalue weighted by Gasteiger charge is -2.16. The number of anilines is 1. The third-order valence-corrected chi connectivity index (χ3v) is 1.84. The third-order valence-electron chi connectivity index (χ3n) is 1.84. The highest BCUT2D eigenvalue weighted by molar-refractivity contribution is 5.47. The molecule has 0 fully saturated rings. The zero-order valence-electron chi connectivity index (χ0n) is 8.56. The zero-order chi connectivity index (χ0) is 14.1. The Labute approximate surface area is 96.5 Å². The van der Waals surface area contributed by atoms with Gasteiger partial charge in [0.15, 0.2) is 0 Å². The van der Waals surface area contributed by atoms with Gasteiger partial charge >= 0.3 is 12.5 Å². The van der Waals surface area contributed by atoms with E-state index in [0.717, 1.165) is 0 Å². The smallest absolute Gasteiger partial charge is 0.387 e. The number of nitrogens with two attached hydrogens (primary N) is 2. The van der Waals surface area contributed by atoms with Crippen LogP contribution in [0.15, 0.2) is 6.07 Å². The van der Waals surface area contributed by atoms with Gasteiger partial charge in [-0.25, -0.2) is 0 Å². The van der Waals surface area contributed by atoms with Gasteiger partial charge in [-0.1, -0.05) is 0 Å². The van der Waals surface area contributed by atoms with Crippen LogP contribution in [0.3, 0.4) is 0 Å². The number of nitrogen functional groups attached to an aromatic ring is 1. The summed E-state index contributed by atoms with van der Waals surface area (Å²) in [7, 11) is 0. The van der Waals surface area contributed by atoms with Crippen molar-refractivity contribution in [2.24, 2.45) is 5.73 Å². The Morgan fingerprint density at radius 1 is 1.17 bits per heavy atom. The number of alkyl halides is 6. The maximum Gasteiger partial charge on any atom is 0.574 e. The molecule has 0 bridgehead atoms. The van der Waals surface area contributed by atoms with Gasteiger partial charge in [-0.15, -0.1) is 13.2 Å². The summed E-state index contributed by atoms with van der Waals surface area (Å²) in [6, 6.07) is 0.378. The summed E-state index contributed by atoms with van der Waals surface area (Å²) in [5.74, 6) is -2.20. The molecule has 0 amide bonds. The fraction of sp³-hybridized carbons (Fsp3) is 0.375. The lowest BCUT2D eigenvalue weighted by molar-refractivity contribution is -0.277. The van der Waals surface area contributed by atoms with Crippen molar-refractivity contribution in [3.05, 3.63) is 17.2 Å². The minimum absolute atomic E-state index is 0.225. The molecule has 1 aromatic rings. The number of ether oxygens (including phenoxy) is 1. The second kappa shape index (κ2) is 4.52. The van der Waals surface area contributed by atoms with E-state index in [-0.39, 0.29) is 5.56 Å². The van der Waals surface area contributed by atoms with Gasteiger partial charge in [0, 0.05) is 12.1 Å². The Bertz CT molecular complexity index is 442. The predicted octanol–water partition coefficient (Wildman–Crippen LogP) is 2.04. The molecule has 0 aliphatic carbocycles. The number of nitrogens with zero attached hydrogens (tertiary/aromatic N) is 1.